The first-order valence-corrected chi connectivity index (χ1v) is 6.09. The second kappa shape index (κ2) is 7.27. The first-order valence-electron chi connectivity index (χ1n) is 6.09. The topological polar surface area (TPSA) is 84.2 Å². The van der Waals surface area contributed by atoms with Gasteiger partial charge in [0.05, 0.1) is 0 Å². The number of nitrogens with one attached hydrogen (secondary N) is 2. The van der Waals surface area contributed by atoms with Crippen molar-refractivity contribution in [3.8, 4) is 0 Å². The normalized spacial score (nSPS) is 13.0. The van der Waals surface area contributed by atoms with E-state index in [0.29, 0.717) is 19.5 Å². The number of rotatable bonds is 6. The lowest BCUT2D eigenvalue weighted by atomic mass is 10.1. The molecule has 100 valence electrons. The molecule has 0 saturated heterocycles. The molecule has 0 fully saturated rings. The molecule has 0 aromatic rings. The van der Waals surface area contributed by atoms with E-state index < -0.39 is 0 Å². The summed E-state index contributed by atoms with van der Waals surface area (Å²) in [5.41, 5.74) is 5.23. The minimum Gasteiger partial charge on any atom is -0.355 e. The summed E-state index contributed by atoms with van der Waals surface area (Å²) in [5.74, 6) is -0.280. The quantitative estimate of drug-likeness (QED) is 0.631. The van der Waals surface area contributed by atoms with Gasteiger partial charge in [0.15, 0.2) is 0 Å². The lowest BCUT2D eigenvalue weighted by Gasteiger charge is -2.20. The Morgan fingerprint density at radius 1 is 1.29 bits per heavy atom. The van der Waals surface area contributed by atoms with Crippen LogP contribution in [0, 0.1) is 5.92 Å². The average Bonchev–Trinajstić information content (AvgIpc) is 2.16. The van der Waals surface area contributed by atoms with Crippen LogP contribution < -0.4 is 16.4 Å². The second-order valence-electron chi connectivity index (χ2n) is 5.18. The van der Waals surface area contributed by atoms with Gasteiger partial charge in [0, 0.05) is 31.0 Å². The van der Waals surface area contributed by atoms with Crippen LogP contribution >= 0.6 is 0 Å². The van der Waals surface area contributed by atoms with Crippen LogP contribution in [-0.2, 0) is 9.59 Å². The van der Waals surface area contributed by atoms with E-state index >= 15 is 0 Å². The smallest absolute Gasteiger partial charge is 0.224 e. The maximum absolute atomic E-state index is 11.5. The molecule has 0 rings (SSSR count). The molecule has 2 amide bonds. The first-order chi connectivity index (χ1) is 7.80. The van der Waals surface area contributed by atoms with E-state index in [9.17, 15) is 9.59 Å². The predicted molar refractivity (Wildman–Crippen MR) is 68.4 cm³/mol. The molecule has 5 heteroatoms. The Bertz CT molecular complexity index is 255. The molecule has 5 nitrogen and oxygen atoms in total. The average molecular weight is 243 g/mol. The van der Waals surface area contributed by atoms with Gasteiger partial charge in [0.2, 0.25) is 11.8 Å². The largest absolute Gasteiger partial charge is 0.355 e. The molecule has 4 N–H and O–H groups in total. The Hall–Kier alpha value is -1.10. The van der Waals surface area contributed by atoms with Crippen LogP contribution in [0.5, 0.6) is 0 Å². The molecule has 17 heavy (non-hydrogen) atoms. The van der Waals surface area contributed by atoms with E-state index in [1.165, 1.54) is 0 Å². The Kier molecular flexibility index (Phi) is 6.80. The van der Waals surface area contributed by atoms with Gasteiger partial charge in [-0.15, -0.1) is 0 Å². The fourth-order valence-electron chi connectivity index (χ4n) is 1.38. The molecule has 0 bridgehead atoms. The van der Waals surface area contributed by atoms with Crippen LogP contribution in [0.25, 0.3) is 0 Å². The number of hydrogen-bond acceptors (Lipinski definition) is 3. The summed E-state index contributed by atoms with van der Waals surface area (Å²) in [7, 11) is 0. The molecule has 0 aromatic heterocycles. The predicted octanol–water partition coefficient (Wildman–Crippen LogP) is 0.392. The summed E-state index contributed by atoms with van der Waals surface area (Å²) in [6.45, 7) is 8.39. The highest BCUT2D eigenvalue weighted by Gasteiger charge is 2.16. The van der Waals surface area contributed by atoms with Crippen molar-refractivity contribution in [2.75, 3.05) is 13.1 Å². The zero-order chi connectivity index (χ0) is 13.5. The highest BCUT2D eigenvalue weighted by atomic mass is 16.2. The molecule has 1 atom stereocenters. The third-order valence-corrected chi connectivity index (χ3v) is 2.31. The summed E-state index contributed by atoms with van der Waals surface area (Å²) >= 11 is 0. The molecular weight excluding hydrogens is 218 g/mol. The van der Waals surface area contributed by atoms with Gasteiger partial charge in [-0.05, 0) is 27.2 Å². The highest BCUT2D eigenvalue weighted by molar-refractivity contribution is 5.80. The number of carbonyl (C=O) groups is 2. The van der Waals surface area contributed by atoms with Crippen LogP contribution in [0.1, 0.15) is 40.5 Å². The van der Waals surface area contributed by atoms with Gasteiger partial charge in [0.25, 0.3) is 0 Å². The highest BCUT2D eigenvalue weighted by Crippen LogP contribution is 2.00. The van der Waals surface area contributed by atoms with Crippen LogP contribution in [0.3, 0.4) is 0 Å². The van der Waals surface area contributed by atoms with Crippen LogP contribution in [0.2, 0.25) is 0 Å². The minimum atomic E-state index is -0.232. The fraction of sp³-hybridized carbons (Fsp3) is 0.833. The number of amides is 2. The van der Waals surface area contributed by atoms with Gasteiger partial charge in [-0.2, -0.15) is 0 Å². The third kappa shape index (κ3) is 7.74. The molecule has 0 aliphatic carbocycles. The molecule has 0 heterocycles. The van der Waals surface area contributed by atoms with Crippen LogP contribution in [0.15, 0.2) is 0 Å². The van der Waals surface area contributed by atoms with Gasteiger partial charge in [-0.25, -0.2) is 0 Å². The van der Waals surface area contributed by atoms with Gasteiger partial charge in [-0.3, -0.25) is 9.59 Å². The van der Waals surface area contributed by atoms with Gasteiger partial charge in [0.1, 0.15) is 0 Å². The van der Waals surface area contributed by atoms with Gasteiger partial charge < -0.3 is 16.4 Å². The number of carbonyl (C=O) groups excluding carboxylic acids is 2. The van der Waals surface area contributed by atoms with Crippen molar-refractivity contribution in [1.82, 2.24) is 10.6 Å². The van der Waals surface area contributed by atoms with Crippen molar-refractivity contribution in [2.45, 2.75) is 46.1 Å². The molecule has 0 aromatic carbocycles. The van der Waals surface area contributed by atoms with E-state index in [2.05, 4.69) is 10.6 Å². The monoisotopic (exact) mass is 243 g/mol. The maximum atomic E-state index is 11.5. The van der Waals surface area contributed by atoms with Gasteiger partial charge in [-0.1, -0.05) is 6.92 Å². The zero-order valence-corrected chi connectivity index (χ0v) is 11.3. The summed E-state index contributed by atoms with van der Waals surface area (Å²) in [5, 5.41) is 5.56. The minimum absolute atomic E-state index is 0.0569. The molecule has 1 unspecified atom stereocenters. The molecule has 0 spiro atoms. The van der Waals surface area contributed by atoms with Crippen LogP contribution in [0.4, 0.5) is 0 Å². The molecule has 0 aliphatic rings. The fourth-order valence-corrected chi connectivity index (χ4v) is 1.38. The zero-order valence-electron chi connectivity index (χ0n) is 11.3. The second-order valence-corrected chi connectivity index (χ2v) is 5.18. The summed E-state index contributed by atoms with van der Waals surface area (Å²) in [6, 6.07) is 0. The number of nitrogens with two attached hydrogens (primary N) is 1. The van der Waals surface area contributed by atoms with Crippen molar-refractivity contribution in [3.05, 3.63) is 0 Å². The SMILES string of the molecule is CCC(CN)C(=O)NCCC(=O)NC(C)(C)C. The standard InChI is InChI=1S/C12H25N3O2/c1-5-9(8-13)11(17)14-7-6-10(16)15-12(2,3)4/h9H,5-8,13H2,1-4H3,(H,14,17)(H,15,16). The van der Waals surface area contributed by atoms with E-state index in [4.69, 9.17) is 5.73 Å². The van der Waals surface area contributed by atoms with E-state index in [1.54, 1.807) is 0 Å². The van der Waals surface area contributed by atoms with Crippen LogP contribution in [-0.4, -0.2) is 30.4 Å². The Balaban J connectivity index is 3.84. The maximum Gasteiger partial charge on any atom is 0.224 e. The lowest BCUT2D eigenvalue weighted by molar-refractivity contribution is -0.125. The van der Waals surface area contributed by atoms with Crippen molar-refractivity contribution >= 4 is 11.8 Å². The number of hydrogen-bond donors (Lipinski definition) is 3. The Morgan fingerprint density at radius 3 is 2.29 bits per heavy atom. The molecule has 0 radical (unpaired) electrons. The van der Waals surface area contributed by atoms with E-state index in [1.807, 2.05) is 27.7 Å². The third-order valence-electron chi connectivity index (χ3n) is 2.31. The van der Waals surface area contributed by atoms with E-state index in [-0.39, 0.29) is 23.3 Å². The summed E-state index contributed by atoms with van der Waals surface area (Å²) in [4.78, 5) is 23.0. The van der Waals surface area contributed by atoms with Crippen molar-refractivity contribution in [1.29, 1.82) is 0 Å². The molecular formula is C12H25N3O2. The Labute approximate surface area is 104 Å². The molecule has 0 aliphatic heterocycles. The summed E-state index contributed by atoms with van der Waals surface area (Å²) in [6.07, 6.45) is 1.01. The lowest BCUT2D eigenvalue weighted by Crippen LogP contribution is -2.42. The van der Waals surface area contributed by atoms with E-state index in [0.717, 1.165) is 6.42 Å². The van der Waals surface area contributed by atoms with Crippen molar-refractivity contribution in [2.24, 2.45) is 11.7 Å². The van der Waals surface area contributed by atoms with Crippen molar-refractivity contribution < 1.29 is 9.59 Å². The van der Waals surface area contributed by atoms with Gasteiger partial charge >= 0.3 is 0 Å². The first kappa shape index (κ1) is 15.9. The van der Waals surface area contributed by atoms with Crippen molar-refractivity contribution in [3.63, 3.8) is 0 Å². The summed E-state index contributed by atoms with van der Waals surface area (Å²) < 4.78 is 0. The Morgan fingerprint density at radius 2 is 1.88 bits per heavy atom. The molecule has 0 saturated carbocycles.